The third kappa shape index (κ3) is 1.71. The molecule has 0 saturated carbocycles. The van der Waals surface area contributed by atoms with Crippen molar-refractivity contribution in [1.82, 2.24) is 4.98 Å². The summed E-state index contributed by atoms with van der Waals surface area (Å²) in [7, 11) is 0. The van der Waals surface area contributed by atoms with Crippen LogP contribution in [-0.4, -0.2) is 4.98 Å². The Hall–Kier alpha value is -2.17. The minimum Gasteiger partial charge on any atom is -0.253 e. The molecule has 0 N–H and O–H groups in total. The first kappa shape index (κ1) is 9.39. The maximum absolute atomic E-state index is 8.94. The molecule has 70 valence electrons. The van der Waals surface area contributed by atoms with Gasteiger partial charge in [-0.25, -0.2) is 0 Å². The van der Waals surface area contributed by atoms with E-state index in [-0.39, 0.29) is 0 Å². The smallest absolute Gasteiger partial charge is 0.101 e. The van der Waals surface area contributed by atoms with Gasteiger partial charge in [0.15, 0.2) is 0 Å². The van der Waals surface area contributed by atoms with Gasteiger partial charge in [0.05, 0.1) is 21.7 Å². The highest BCUT2D eigenvalue weighted by molar-refractivity contribution is 7.13. The van der Waals surface area contributed by atoms with Crippen LogP contribution in [0.25, 0.3) is 10.6 Å². The van der Waals surface area contributed by atoms with Crippen molar-refractivity contribution in [2.75, 3.05) is 0 Å². The van der Waals surface area contributed by atoms with Crippen molar-refractivity contribution in [1.29, 1.82) is 10.5 Å². The highest BCUT2D eigenvalue weighted by Gasteiger charge is 2.08. The van der Waals surface area contributed by atoms with E-state index in [0.29, 0.717) is 16.8 Å². The first-order valence-electron chi connectivity index (χ1n) is 4.19. The summed E-state index contributed by atoms with van der Waals surface area (Å²) in [5.74, 6) is 0. The van der Waals surface area contributed by atoms with Crippen LogP contribution in [0.1, 0.15) is 11.1 Å². The van der Waals surface area contributed by atoms with Crippen molar-refractivity contribution >= 4 is 11.3 Å². The largest absolute Gasteiger partial charge is 0.253 e. The van der Waals surface area contributed by atoms with Crippen LogP contribution < -0.4 is 0 Å². The van der Waals surface area contributed by atoms with Crippen molar-refractivity contribution in [2.45, 2.75) is 0 Å². The van der Waals surface area contributed by atoms with E-state index in [4.69, 9.17) is 10.5 Å². The van der Waals surface area contributed by atoms with E-state index in [1.54, 1.807) is 6.07 Å². The molecule has 15 heavy (non-hydrogen) atoms. The van der Waals surface area contributed by atoms with Gasteiger partial charge in [0.1, 0.15) is 12.1 Å². The second kappa shape index (κ2) is 3.91. The number of hydrogen-bond donors (Lipinski definition) is 0. The number of pyridine rings is 1. The first-order chi connectivity index (χ1) is 7.35. The van der Waals surface area contributed by atoms with Crippen LogP contribution in [0, 0.1) is 22.7 Å². The summed E-state index contributed by atoms with van der Waals surface area (Å²) in [6, 6.07) is 9.38. The van der Waals surface area contributed by atoms with E-state index in [1.165, 1.54) is 17.5 Å². The number of thiophene rings is 1. The van der Waals surface area contributed by atoms with Gasteiger partial charge in [-0.05, 0) is 17.5 Å². The molecule has 3 nitrogen and oxygen atoms in total. The number of nitriles is 2. The third-order valence-corrected chi connectivity index (χ3v) is 2.77. The predicted octanol–water partition coefficient (Wildman–Crippen LogP) is 2.55. The molecular weight excluding hydrogens is 206 g/mol. The van der Waals surface area contributed by atoms with Crippen LogP contribution in [0.2, 0.25) is 0 Å². The van der Waals surface area contributed by atoms with Crippen molar-refractivity contribution in [3.63, 3.8) is 0 Å². The first-order valence-corrected chi connectivity index (χ1v) is 5.07. The van der Waals surface area contributed by atoms with Crippen molar-refractivity contribution in [3.8, 4) is 22.7 Å². The Morgan fingerprint density at radius 1 is 1.27 bits per heavy atom. The topological polar surface area (TPSA) is 60.5 Å². The molecule has 4 heteroatoms. The lowest BCUT2D eigenvalue weighted by atomic mass is 10.1. The molecule has 0 saturated heterocycles. The van der Waals surface area contributed by atoms with Gasteiger partial charge in [-0.1, -0.05) is 6.07 Å². The second-order valence-corrected chi connectivity index (χ2v) is 3.77. The van der Waals surface area contributed by atoms with Gasteiger partial charge >= 0.3 is 0 Å². The highest BCUT2D eigenvalue weighted by atomic mass is 32.1. The van der Waals surface area contributed by atoms with E-state index < -0.39 is 0 Å². The molecule has 0 aliphatic rings. The van der Waals surface area contributed by atoms with E-state index in [2.05, 4.69) is 11.1 Å². The lowest BCUT2D eigenvalue weighted by Gasteiger charge is -1.99. The van der Waals surface area contributed by atoms with Gasteiger partial charge in [0, 0.05) is 6.20 Å². The molecule has 0 spiro atoms. The van der Waals surface area contributed by atoms with E-state index in [9.17, 15) is 0 Å². The Morgan fingerprint density at radius 3 is 2.73 bits per heavy atom. The van der Waals surface area contributed by atoms with Gasteiger partial charge in [0.25, 0.3) is 0 Å². The van der Waals surface area contributed by atoms with Gasteiger partial charge in [-0.3, -0.25) is 4.98 Å². The maximum Gasteiger partial charge on any atom is 0.101 e. The molecule has 0 aliphatic heterocycles. The number of rotatable bonds is 1. The quantitative estimate of drug-likeness (QED) is 0.728. The Kier molecular flexibility index (Phi) is 2.45. The normalized spacial score (nSPS) is 9.20. The SMILES string of the molecule is N#Cc1cnc(-c2cccs2)c(C#N)c1. The predicted molar refractivity (Wildman–Crippen MR) is 57.0 cm³/mol. The third-order valence-electron chi connectivity index (χ3n) is 1.89. The number of hydrogen-bond acceptors (Lipinski definition) is 4. The average molecular weight is 211 g/mol. The minimum absolute atomic E-state index is 0.409. The molecule has 0 aromatic carbocycles. The van der Waals surface area contributed by atoms with Gasteiger partial charge in [-0.15, -0.1) is 11.3 Å². The zero-order chi connectivity index (χ0) is 10.7. The van der Waals surface area contributed by atoms with E-state index in [1.807, 2.05) is 23.6 Å². The standard InChI is InChI=1S/C11H5N3S/c12-5-8-4-9(6-13)11(14-7-8)10-2-1-3-15-10/h1-4,7H. The zero-order valence-electron chi connectivity index (χ0n) is 7.64. The van der Waals surface area contributed by atoms with Gasteiger partial charge < -0.3 is 0 Å². The fourth-order valence-electron chi connectivity index (χ4n) is 1.22. The van der Waals surface area contributed by atoms with Crippen LogP contribution in [0.5, 0.6) is 0 Å². The summed E-state index contributed by atoms with van der Waals surface area (Å²) in [6.07, 6.45) is 1.48. The van der Waals surface area contributed by atoms with Gasteiger partial charge in [0.2, 0.25) is 0 Å². The summed E-state index contributed by atoms with van der Waals surface area (Å²) in [5.41, 5.74) is 1.50. The molecule has 0 amide bonds. The Morgan fingerprint density at radius 2 is 2.13 bits per heavy atom. The summed E-state index contributed by atoms with van der Waals surface area (Å²) < 4.78 is 0. The maximum atomic E-state index is 8.94. The van der Waals surface area contributed by atoms with Crippen LogP contribution >= 0.6 is 11.3 Å². The average Bonchev–Trinajstić information content (AvgIpc) is 2.81. The molecule has 0 fully saturated rings. The summed E-state index contributed by atoms with van der Waals surface area (Å²) in [6.45, 7) is 0. The van der Waals surface area contributed by atoms with E-state index >= 15 is 0 Å². The molecule has 2 aromatic rings. The van der Waals surface area contributed by atoms with E-state index in [0.717, 1.165) is 4.88 Å². The van der Waals surface area contributed by atoms with Crippen LogP contribution in [0.15, 0.2) is 29.8 Å². The summed E-state index contributed by atoms with van der Waals surface area (Å²) >= 11 is 1.52. The fraction of sp³-hybridized carbons (Fsp3) is 0. The van der Waals surface area contributed by atoms with Crippen LogP contribution in [0.4, 0.5) is 0 Å². The Labute approximate surface area is 90.9 Å². The van der Waals surface area contributed by atoms with Crippen molar-refractivity contribution in [2.24, 2.45) is 0 Å². The summed E-state index contributed by atoms with van der Waals surface area (Å²) in [5, 5.41) is 19.6. The molecule has 0 bridgehead atoms. The summed E-state index contributed by atoms with van der Waals surface area (Å²) in [4.78, 5) is 5.07. The lowest BCUT2D eigenvalue weighted by molar-refractivity contribution is 1.29. The monoisotopic (exact) mass is 211 g/mol. The molecule has 0 aliphatic carbocycles. The lowest BCUT2D eigenvalue weighted by Crippen LogP contribution is -1.88. The molecule has 2 heterocycles. The van der Waals surface area contributed by atoms with Gasteiger partial charge in [-0.2, -0.15) is 10.5 Å². The van der Waals surface area contributed by atoms with Crippen LogP contribution in [-0.2, 0) is 0 Å². The highest BCUT2D eigenvalue weighted by Crippen LogP contribution is 2.25. The molecule has 2 aromatic heterocycles. The Bertz CT molecular complexity index is 559. The molecule has 0 unspecified atom stereocenters. The second-order valence-electron chi connectivity index (χ2n) is 2.82. The molecule has 0 radical (unpaired) electrons. The van der Waals surface area contributed by atoms with Crippen LogP contribution in [0.3, 0.4) is 0 Å². The molecular formula is C11H5N3S. The zero-order valence-corrected chi connectivity index (χ0v) is 8.45. The molecule has 2 rings (SSSR count). The van der Waals surface area contributed by atoms with Crippen molar-refractivity contribution < 1.29 is 0 Å². The number of nitrogens with zero attached hydrogens (tertiary/aromatic N) is 3. The fourth-order valence-corrected chi connectivity index (χ4v) is 1.96. The number of aromatic nitrogens is 1. The Balaban J connectivity index is 2.60. The molecule has 0 atom stereocenters. The van der Waals surface area contributed by atoms with Crippen molar-refractivity contribution in [3.05, 3.63) is 40.9 Å². The minimum atomic E-state index is 0.409.